The van der Waals surface area contributed by atoms with Crippen LogP contribution in [0, 0.1) is 5.41 Å². The van der Waals surface area contributed by atoms with Crippen molar-refractivity contribution in [1.82, 2.24) is 5.32 Å². The van der Waals surface area contributed by atoms with Gasteiger partial charge in [0.2, 0.25) is 0 Å². The lowest BCUT2D eigenvalue weighted by atomic mass is 9.89. The SMILES string of the molecule is CC1CCC(CNCC2(C)COC2)O1. The zero-order valence-corrected chi connectivity index (χ0v) is 9.21. The van der Waals surface area contributed by atoms with Gasteiger partial charge >= 0.3 is 0 Å². The van der Waals surface area contributed by atoms with E-state index in [1.54, 1.807) is 0 Å². The minimum absolute atomic E-state index is 0.379. The van der Waals surface area contributed by atoms with Crippen LogP contribution < -0.4 is 5.32 Å². The highest BCUT2D eigenvalue weighted by Crippen LogP contribution is 2.25. The number of ether oxygens (including phenoxy) is 2. The van der Waals surface area contributed by atoms with E-state index in [0.29, 0.717) is 17.6 Å². The number of hydrogen-bond acceptors (Lipinski definition) is 3. The summed E-state index contributed by atoms with van der Waals surface area (Å²) in [5.41, 5.74) is 0.379. The van der Waals surface area contributed by atoms with Crippen LogP contribution >= 0.6 is 0 Å². The lowest BCUT2D eigenvalue weighted by Crippen LogP contribution is -2.48. The van der Waals surface area contributed by atoms with Crippen LogP contribution in [0.1, 0.15) is 26.7 Å². The lowest BCUT2D eigenvalue weighted by molar-refractivity contribution is -0.0999. The molecule has 82 valence electrons. The van der Waals surface area contributed by atoms with Gasteiger partial charge in [-0.05, 0) is 19.8 Å². The quantitative estimate of drug-likeness (QED) is 0.737. The first-order valence-electron chi connectivity index (χ1n) is 5.62. The van der Waals surface area contributed by atoms with Gasteiger partial charge in [0.1, 0.15) is 0 Å². The molecule has 0 aromatic heterocycles. The molecule has 2 rings (SSSR count). The lowest BCUT2D eigenvalue weighted by Gasteiger charge is -2.38. The van der Waals surface area contributed by atoms with Gasteiger partial charge in [-0.1, -0.05) is 6.92 Å². The Labute approximate surface area is 86.2 Å². The van der Waals surface area contributed by atoms with Gasteiger partial charge in [0.25, 0.3) is 0 Å². The van der Waals surface area contributed by atoms with Crippen molar-refractivity contribution in [3.05, 3.63) is 0 Å². The van der Waals surface area contributed by atoms with E-state index in [9.17, 15) is 0 Å². The maximum absolute atomic E-state index is 5.73. The molecule has 0 saturated carbocycles. The Morgan fingerprint density at radius 3 is 2.64 bits per heavy atom. The third-order valence-corrected chi connectivity index (χ3v) is 3.14. The molecular formula is C11H21NO2. The maximum Gasteiger partial charge on any atom is 0.0704 e. The molecule has 0 aromatic rings. The van der Waals surface area contributed by atoms with Gasteiger partial charge in [-0.25, -0.2) is 0 Å². The molecule has 0 aliphatic carbocycles. The molecule has 2 fully saturated rings. The highest BCUT2D eigenvalue weighted by Gasteiger charge is 2.33. The molecule has 2 heterocycles. The number of hydrogen-bond donors (Lipinski definition) is 1. The summed E-state index contributed by atoms with van der Waals surface area (Å²) in [5.74, 6) is 0. The molecule has 0 aromatic carbocycles. The van der Waals surface area contributed by atoms with Gasteiger partial charge in [-0.15, -0.1) is 0 Å². The molecule has 0 bridgehead atoms. The smallest absolute Gasteiger partial charge is 0.0704 e. The highest BCUT2D eigenvalue weighted by molar-refractivity contribution is 4.83. The topological polar surface area (TPSA) is 30.5 Å². The standard InChI is InChI=1S/C11H21NO2/c1-9-3-4-10(14-9)5-12-6-11(2)7-13-8-11/h9-10,12H,3-8H2,1-2H3. The molecule has 2 atom stereocenters. The second-order valence-electron chi connectivity index (χ2n) is 5.08. The van der Waals surface area contributed by atoms with E-state index in [1.165, 1.54) is 12.8 Å². The molecule has 2 aliphatic rings. The van der Waals surface area contributed by atoms with E-state index in [4.69, 9.17) is 9.47 Å². The van der Waals surface area contributed by atoms with Crippen LogP contribution in [0.5, 0.6) is 0 Å². The fourth-order valence-corrected chi connectivity index (χ4v) is 2.12. The molecule has 3 heteroatoms. The van der Waals surface area contributed by atoms with Gasteiger partial charge in [-0.2, -0.15) is 0 Å². The average Bonchev–Trinajstić information content (AvgIpc) is 2.49. The molecular weight excluding hydrogens is 178 g/mol. The van der Waals surface area contributed by atoms with E-state index in [0.717, 1.165) is 26.3 Å². The third kappa shape index (κ3) is 2.47. The minimum Gasteiger partial charge on any atom is -0.380 e. The van der Waals surface area contributed by atoms with Crippen molar-refractivity contribution < 1.29 is 9.47 Å². The van der Waals surface area contributed by atoms with Gasteiger partial charge < -0.3 is 14.8 Å². The highest BCUT2D eigenvalue weighted by atomic mass is 16.5. The number of nitrogens with one attached hydrogen (secondary N) is 1. The summed E-state index contributed by atoms with van der Waals surface area (Å²) in [6.45, 7) is 8.29. The third-order valence-electron chi connectivity index (χ3n) is 3.14. The first kappa shape index (κ1) is 10.4. The van der Waals surface area contributed by atoms with E-state index in [1.807, 2.05) is 0 Å². The molecule has 0 spiro atoms. The zero-order chi connectivity index (χ0) is 10.0. The molecule has 14 heavy (non-hydrogen) atoms. The van der Waals surface area contributed by atoms with Gasteiger partial charge in [0, 0.05) is 18.5 Å². The summed E-state index contributed by atoms with van der Waals surface area (Å²) in [6.07, 6.45) is 3.33. The normalized spacial score (nSPS) is 35.6. The Kier molecular flexibility index (Phi) is 3.10. The van der Waals surface area contributed by atoms with Gasteiger partial charge in [0.15, 0.2) is 0 Å². The zero-order valence-electron chi connectivity index (χ0n) is 9.21. The minimum atomic E-state index is 0.379. The Morgan fingerprint density at radius 2 is 2.14 bits per heavy atom. The Balaban J connectivity index is 1.58. The molecule has 3 nitrogen and oxygen atoms in total. The van der Waals surface area contributed by atoms with Crippen molar-refractivity contribution >= 4 is 0 Å². The average molecular weight is 199 g/mol. The summed E-state index contributed by atoms with van der Waals surface area (Å²) in [7, 11) is 0. The van der Waals surface area contributed by atoms with Gasteiger partial charge in [-0.3, -0.25) is 0 Å². The first-order chi connectivity index (χ1) is 6.68. The van der Waals surface area contributed by atoms with E-state index < -0.39 is 0 Å². The predicted octanol–water partition coefficient (Wildman–Crippen LogP) is 1.18. The summed E-state index contributed by atoms with van der Waals surface area (Å²) in [6, 6.07) is 0. The fraction of sp³-hybridized carbons (Fsp3) is 1.00. The Bertz CT molecular complexity index is 192. The van der Waals surface area contributed by atoms with Crippen LogP contribution in [-0.4, -0.2) is 38.5 Å². The second kappa shape index (κ2) is 4.17. The first-order valence-corrected chi connectivity index (χ1v) is 5.62. The number of rotatable bonds is 4. The predicted molar refractivity (Wildman–Crippen MR) is 55.4 cm³/mol. The van der Waals surface area contributed by atoms with Crippen molar-refractivity contribution in [2.45, 2.75) is 38.9 Å². The van der Waals surface area contributed by atoms with Crippen molar-refractivity contribution in [1.29, 1.82) is 0 Å². The summed E-state index contributed by atoms with van der Waals surface area (Å²) in [5, 5.41) is 3.49. The van der Waals surface area contributed by atoms with Crippen molar-refractivity contribution in [2.24, 2.45) is 5.41 Å². The fourth-order valence-electron chi connectivity index (χ4n) is 2.12. The maximum atomic E-state index is 5.73. The van der Waals surface area contributed by atoms with E-state index in [-0.39, 0.29) is 0 Å². The van der Waals surface area contributed by atoms with Crippen LogP contribution in [0.4, 0.5) is 0 Å². The molecule has 1 N–H and O–H groups in total. The molecule has 0 radical (unpaired) electrons. The van der Waals surface area contributed by atoms with Crippen LogP contribution in [0.2, 0.25) is 0 Å². The Hall–Kier alpha value is -0.120. The monoisotopic (exact) mass is 199 g/mol. The van der Waals surface area contributed by atoms with Crippen molar-refractivity contribution in [3.63, 3.8) is 0 Å². The Morgan fingerprint density at radius 1 is 1.36 bits per heavy atom. The van der Waals surface area contributed by atoms with E-state index in [2.05, 4.69) is 19.2 Å². The second-order valence-corrected chi connectivity index (χ2v) is 5.08. The molecule has 0 amide bonds. The van der Waals surface area contributed by atoms with Gasteiger partial charge in [0.05, 0.1) is 25.4 Å². The van der Waals surface area contributed by atoms with Crippen LogP contribution in [0.15, 0.2) is 0 Å². The summed E-state index contributed by atoms with van der Waals surface area (Å²) >= 11 is 0. The molecule has 2 saturated heterocycles. The summed E-state index contributed by atoms with van der Waals surface area (Å²) < 4.78 is 10.9. The van der Waals surface area contributed by atoms with Crippen molar-refractivity contribution in [3.8, 4) is 0 Å². The van der Waals surface area contributed by atoms with Crippen LogP contribution in [-0.2, 0) is 9.47 Å². The summed E-state index contributed by atoms with van der Waals surface area (Å²) in [4.78, 5) is 0. The largest absolute Gasteiger partial charge is 0.380 e. The van der Waals surface area contributed by atoms with Crippen LogP contribution in [0.25, 0.3) is 0 Å². The molecule has 2 unspecified atom stereocenters. The van der Waals surface area contributed by atoms with Crippen LogP contribution in [0.3, 0.4) is 0 Å². The van der Waals surface area contributed by atoms with Crippen molar-refractivity contribution in [2.75, 3.05) is 26.3 Å². The molecule has 2 aliphatic heterocycles. The van der Waals surface area contributed by atoms with E-state index >= 15 is 0 Å².